The van der Waals surface area contributed by atoms with Crippen LogP contribution >= 0.6 is 16.5 Å². The van der Waals surface area contributed by atoms with Crippen LogP contribution in [0.2, 0.25) is 0 Å². The zero-order chi connectivity index (χ0) is 7.40. The second kappa shape index (κ2) is 4.27. The van der Waals surface area contributed by atoms with Crippen molar-refractivity contribution in [3.63, 3.8) is 0 Å². The van der Waals surface area contributed by atoms with Crippen LogP contribution < -0.4 is 0 Å². The Kier molecular flexibility index (Phi) is 3.60. The molecule has 0 spiro atoms. The third kappa shape index (κ3) is 2.95. The highest BCUT2D eigenvalue weighted by atomic mass is 31.2. The summed E-state index contributed by atoms with van der Waals surface area (Å²) >= 11 is 0. The second-order valence-electron chi connectivity index (χ2n) is 1.65. The SMILES string of the molecule is O=[PH]1OCCCO[PH](=O)O1. The molecule has 1 fully saturated rings. The summed E-state index contributed by atoms with van der Waals surface area (Å²) in [5.41, 5.74) is 0. The Labute approximate surface area is 59.6 Å². The Balaban J connectivity index is 2.40. The predicted octanol–water partition coefficient (Wildman–Crippen LogP) is 1.22. The molecule has 1 rings (SSSR count). The summed E-state index contributed by atoms with van der Waals surface area (Å²) in [6.45, 7) is 0.680. The van der Waals surface area contributed by atoms with Crippen LogP contribution in [0, 0.1) is 0 Å². The minimum absolute atomic E-state index is 0.340. The van der Waals surface area contributed by atoms with E-state index in [1.165, 1.54) is 0 Å². The van der Waals surface area contributed by atoms with E-state index in [-0.39, 0.29) is 0 Å². The fourth-order valence-electron chi connectivity index (χ4n) is 0.497. The third-order valence-corrected chi connectivity index (χ3v) is 3.11. The van der Waals surface area contributed by atoms with E-state index in [0.29, 0.717) is 19.6 Å². The van der Waals surface area contributed by atoms with Gasteiger partial charge in [-0.3, -0.25) is 9.13 Å². The Bertz CT molecular complexity index is 141. The maximum absolute atomic E-state index is 10.5. The third-order valence-electron chi connectivity index (χ3n) is 0.895. The second-order valence-corrected chi connectivity index (χ2v) is 4.05. The van der Waals surface area contributed by atoms with Crippen LogP contribution in [0.15, 0.2) is 0 Å². The maximum atomic E-state index is 10.5. The summed E-state index contributed by atoms with van der Waals surface area (Å²) in [5, 5.41) is 0. The molecule has 7 heteroatoms. The Hall–Kier alpha value is 0.340. The topological polar surface area (TPSA) is 61.8 Å². The van der Waals surface area contributed by atoms with Gasteiger partial charge in [0.25, 0.3) is 0 Å². The van der Waals surface area contributed by atoms with Crippen LogP contribution in [-0.2, 0) is 22.5 Å². The molecule has 1 aliphatic rings. The molecule has 0 amide bonds. The van der Waals surface area contributed by atoms with Gasteiger partial charge >= 0.3 is 16.5 Å². The molecule has 0 aromatic rings. The lowest BCUT2D eigenvalue weighted by Crippen LogP contribution is -1.96. The van der Waals surface area contributed by atoms with Gasteiger partial charge in [-0.15, -0.1) is 0 Å². The molecule has 0 N–H and O–H groups in total. The summed E-state index contributed by atoms with van der Waals surface area (Å²) in [6, 6.07) is 0. The van der Waals surface area contributed by atoms with Crippen molar-refractivity contribution in [3.8, 4) is 0 Å². The van der Waals surface area contributed by atoms with Gasteiger partial charge in [0, 0.05) is 0 Å². The van der Waals surface area contributed by atoms with E-state index in [1.807, 2.05) is 0 Å². The van der Waals surface area contributed by atoms with Crippen molar-refractivity contribution in [1.29, 1.82) is 0 Å². The molecule has 60 valence electrons. The molecular formula is C3H8O5P2. The summed E-state index contributed by atoms with van der Waals surface area (Å²) in [4.78, 5) is 0. The molecule has 0 bridgehead atoms. The number of hydrogen-bond donors (Lipinski definition) is 0. The largest absolute Gasteiger partial charge is 0.326 e. The Morgan fingerprint density at radius 3 is 2.00 bits per heavy atom. The molecular weight excluding hydrogens is 178 g/mol. The molecule has 0 aromatic carbocycles. The van der Waals surface area contributed by atoms with Gasteiger partial charge in [0.05, 0.1) is 13.2 Å². The lowest BCUT2D eigenvalue weighted by atomic mass is 10.5. The smallest absolute Gasteiger partial charge is 0.310 e. The van der Waals surface area contributed by atoms with Crippen LogP contribution in [0.5, 0.6) is 0 Å². The summed E-state index contributed by atoms with van der Waals surface area (Å²) in [5.74, 6) is 0. The van der Waals surface area contributed by atoms with E-state index in [4.69, 9.17) is 0 Å². The lowest BCUT2D eigenvalue weighted by molar-refractivity contribution is 0.202. The average Bonchev–Trinajstić information content (AvgIpc) is 1.83. The van der Waals surface area contributed by atoms with E-state index in [9.17, 15) is 9.13 Å². The van der Waals surface area contributed by atoms with Gasteiger partial charge in [-0.1, -0.05) is 0 Å². The van der Waals surface area contributed by atoms with Crippen molar-refractivity contribution in [2.75, 3.05) is 13.2 Å². The minimum atomic E-state index is -2.54. The van der Waals surface area contributed by atoms with Gasteiger partial charge < -0.3 is 9.05 Å². The van der Waals surface area contributed by atoms with Crippen molar-refractivity contribution >= 4 is 16.5 Å². The van der Waals surface area contributed by atoms with E-state index >= 15 is 0 Å². The number of rotatable bonds is 0. The van der Waals surface area contributed by atoms with Crippen LogP contribution in [0.25, 0.3) is 0 Å². The van der Waals surface area contributed by atoms with Crippen LogP contribution in [0.3, 0.4) is 0 Å². The van der Waals surface area contributed by atoms with Crippen LogP contribution in [0.1, 0.15) is 6.42 Å². The van der Waals surface area contributed by atoms with E-state index in [1.54, 1.807) is 0 Å². The molecule has 0 radical (unpaired) electrons. The van der Waals surface area contributed by atoms with E-state index in [0.717, 1.165) is 0 Å². The fraction of sp³-hybridized carbons (Fsp3) is 1.00. The van der Waals surface area contributed by atoms with Gasteiger partial charge in [-0.2, -0.15) is 0 Å². The Morgan fingerprint density at radius 1 is 1.00 bits per heavy atom. The highest BCUT2D eigenvalue weighted by Crippen LogP contribution is 2.40. The first-order chi connectivity index (χ1) is 4.79. The zero-order valence-electron chi connectivity index (χ0n) is 5.16. The molecule has 0 saturated carbocycles. The molecule has 2 atom stereocenters. The van der Waals surface area contributed by atoms with Gasteiger partial charge in [0.1, 0.15) is 0 Å². The van der Waals surface area contributed by atoms with Gasteiger partial charge in [-0.25, -0.2) is 4.31 Å². The highest BCUT2D eigenvalue weighted by molar-refractivity contribution is 7.47. The van der Waals surface area contributed by atoms with Crippen molar-refractivity contribution in [2.24, 2.45) is 0 Å². The first-order valence-corrected chi connectivity index (χ1v) is 5.25. The summed E-state index contributed by atoms with van der Waals surface area (Å²) in [6.07, 6.45) is 0.607. The van der Waals surface area contributed by atoms with Crippen molar-refractivity contribution in [1.82, 2.24) is 0 Å². The maximum Gasteiger partial charge on any atom is 0.326 e. The van der Waals surface area contributed by atoms with Crippen LogP contribution in [0.4, 0.5) is 0 Å². The van der Waals surface area contributed by atoms with Crippen LogP contribution in [-0.4, -0.2) is 13.2 Å². The van der Waals surface area contributed by atoms with E-state index < -0.39 is 16.5 Å². The molecule has 1 heterocycles. The standard InChI is InChI=1S/C3H8O5P2/c4-9-6-2-1-3-7-10(5)8-9/h9-10H,1-3H2. The first kappa shape index (κ1) is 8.44. The minimum Gasteiger partial charge on any atom is -0.310 e. The van der Waals surface area contributed by atoms with E-state index in [2.05, 4.69) is 13.4 Å². The summed E-state index contributed by atoms with van der Waals surface area (Å²) in [7, 11) is -5.09. The quantitative estimate of drug-likeness (QED) is 0.532. The van der Waals surface area contributed by atoms with Gasteiger partial charge in [0.15, 0.2) is 0 Å². The molecule has 2 unspecified atom stereocenters. The molecule has 1 aliphatic heterocycles. The predicted molar refractivity (Wildman–Crippen MR) is 35.6 cm³/mol. The zero-order valence-corrected chi connectivity index (χ0v) is 7.16. The Morgan fingerprint density at radius 2 is 1.50 bits per heavy atom. The molecule has 10 heavy (non-hydrogen) atoms. The summed E-state index contributed by atoms with van der Waals surface area (Å²) < 4.78 is 34.6. The number of hydrogen-bond acceptors (Lipinski definition) is 5. The van der Waals surface area contributed by atoms with Crippen molar-refractivity contribution in [3.05, 3.63) is 0 Å². The fourth-order valence-corrected chi connectivity index (χ4v) is 2.13. The molecule has 1 saturated heterocycles. The first-order valence-electron chi connectivity index (χ1n) is 2.80. The van der Waals surface area contributed by atoms with Crippen molar-refractivity contribution < 1.29 is 22.5 Å². The molecule has 0 aromatic heterocycles. The normalized spacial score (nSPS) is 36.4. The average molecular weight is 186 g/mol. The van der Waals surface area contributed by atoms with Gasteiger partial charge in [0.2, 0.25) is 0 Å². The molecule has 5 nitrogen and oxygen atoms in total. The van der Waals surface area contributed by atoms with Gasteiger partial charge in [-0.05, 0) is 6.42 Å². The monoisotopic (exact) mass is 186 g/mol. The molecule has 0 aliphatic carbocycles. The highest BCUT2D eigenvalue weighted by Gasteiger charge is 2.09. The van der Waals surface area contributed by atoms with Crippen molar-refractivity contribution in [2.45, 2.75) is 6.42 Å². The lowest BCUT2D eigenvalue weighted by Gasteiger charge is -2.09.